The molecule has 1 aliphatic heterocycles. The summed E-state index contributed by atoms with van der Waals surface area (Å²) in [5.74, 6) is 1.48. The highest BCUT2D eigenvalue weighted by Gasteiger charge is 2.20. The van der Waals surface area contributed by atoms with E-state index >= 15 is 0 Å². The van der Waals surface area contributed by atoms with Gasteiger partial charge in [0.1, 0.15) is 22.4 Å². The van der Waals surface area contributed by atoms with Gasteiger partial charge in [-0.2, -0.15) is 5.26 Å². The van der Waals surface area contributed by atoms with Crippen molar-refractivity contribution >= 4 is 38.9 Å². The lowest BCUT2D eigenvalue weighted by molar-refractivity contribution is 0.297. The number of nitrogens with zero attached hydrogens (tertiary/aromatic N) is 2. The minimum Gasteiger partial charge on any atom is -0.510 e. The molecule has 0 bridgehead atoms. The van der Waals surface area contributed by atoms with Crippen LogP contribution in [0.5, 0.6) is 11.5 Å². The van der Waals surface area contributed by atoms with Crippen molar-refractivity contribution in [2.24, 2.45) is 0 Å². The molecule has 1 aliphatic rings. The Hall–Kier alpha value is -2.69. The Morgan fingerprint density at radius 3 is 2.79 bits per heavy atom. The molecule has 4 rings (SSSR count). The van der Waals surface area contributed by atoms with Crippen molar-refractivity contribution in [2.45, 2.75) is 23.5 Å². The van der Waals surface area contributed by atoms with Crippen molar-refractivity contribution in [1.29, 1.82) is 5.26 Å². The first-order valence-corrected chi connectivity index (χ1v) is 10.6. The van der Waals surface area contributed by atoms with E-state index in [4.69, 9.17) is 9.47 Å². The van der Waals surface area contributed by atoms with Gasteiger partial charge in [-0.3, -0.25) is 0 Å². The van der Waals surface area contributed by atoms with E-state index in [1.807, 2.05) is 49.4 Å². The van der Waals surface area contributed by atoms with Crippen molar-refractivity contribution in [3.63, 3.8) is 0 Å². The van der Waals surface area contributed by atoms with E-state index in [0.717, 1.165) is 27.3 Å². The zero-order chi connectivity index (χ0) is 19.5. The second-order valence-electron chi connectivity index (χ2n) is 6.28. The van der Waals surface area contributed by atoms with Gasteiger partial charge >= 0.3 is 0 Å². The number of ether oxygens (including phenoxy) is 2. The molecule has 3 aromatic rings. The van der Waals surface area contributed by atoms with E-state index in [0.29, 0.717) is 24.0 Å². The molecule has 142 valence electrons. The average Bonchev–Trinajstić information content (AvgIpc) is 2.99. The van der Waals surface area contributed by atoms with Crippen LogP contribution in [-0.2, 0) is 0 Å². The number of aliphatic hydroxyl groups is 1. The summed E-state index contributed by atoms with van der Waals surface area (Å²) in [6.45, 7) is 3.14. The number of hydrogen-bond donors (Lipinski definition) is 1. The Morgan fingerprint density at radius 1 is 1.21 bits per heavy atom. The lowest BCUT2D eigenvalue weighted by Gasteiger charge is -2.14. The van der Waals surface area contributed by atoms with Crippen molar-refractivity contribution in [3.05, 3.63) is 53.2 Å². The summed E-state index contributed by atoms with van der Waals surface area (Å²) in [6, 6.07) is 15.6. The molecule has 1 N–H and O–H groups in total. The lowest BCUT2D eigenvalue weighted by Crippen LogP contribution is -2.04. The number of fused-ring (bicyclic) bond motifs is 2. The van der Waals surface area contributed by atoms with Crippen LogP contribution in [0.1, 0.15) is 18.4 Å². The topological polar surface area (TPSA) is 75.4 Å². The predicted octanol–water partition coefficient (Wildman–Crippen LogP) is 5.43. The van der Waals surface area contributed by atoms with E-state index in [-0.39, 0.29) is 16.6 Å². The Balaban J connectivity index is 1.60. The fraction of sp³-hybridized carbons (Fsp3) is 0.238. The Bertz CT molecular complexity index is 1050. The van der Waals surface area contributed by atoms with Gasteiger partial charge in [-0.05, 0) is 37.3 Å². The van der Waals surface area contributed by atoms with E-state index in [1.165, 1.54) is 23.1 Å². The van der Waals surface area contributed by atoms with Gasteiger partial charge in [0.2, 0.25) is 0 Å². The number of benzene rings is 2. The first-order chi connectivity index (χ1) is 13.7. The standard InChI is InChI=1S/C21H18N2O3S2/c1-13(27-14-7-8-17-18(11-14)26-10-4-9-25-17)20(24)15(12-22)21-23-16-5-2-3-6-19(16)28-21/h2-3,5-8,11,13,24H,4,9-10H2,1H3/b20-15+. The molecular formula is C21H18N2O3S2. The third-order valence-corrected chi connectivity index (χ3v) is 6.45. The minimum absolute atomic E-state index is 0.0265. The van der Waals surface area contributed by atoms with Gasteiger partial charge < -0.3 is 14.6 Å². The van der Waals surface area contributed by atoms with Gasteiger partial charge in [0, 0.05) is 11.3 Å². The Labute approximate surface area is 171 Å². The summed E-state index contributed by atoms with van der Waals surface area (Å²) < 4.78 is 12.4. The van der Waals surface area contributed by atoms with Crippen molar-refractivity contribution in [2.75, 3.05) is 13.2 Å². The highest BCUT2D eigenvalue weighted by molar-refractivity contribution is 8.00. The number of allylic oxidation sites excluding steroid dienone is 1. The molecule has 2 heterocycles. The lowest BCUT2D eigenvalue weighted by atomic mass is 10.2. The van der Waals surface area contributed by atoms with Crippen LogP contribution in [0, 0.1) is 11.3 Å². The number of thioether (sulfide) groups is 1. The van der Waals surface area contributed by atoms with Gasteiger partial charge in [0.05, 0.1) is 28.7 Å². The van der Waals surface area contributed by atoms with Crippen LogP contribution in [0.25, 0.3) is 15.8 Å². The summed E-state index contributed by atoms with van der Waals surface area (Å²) in [7, 11) is 0. The quantitative estimate of drug-likeness (QED) is 0.351. The zero-order valence-corrected chi connectivity index (χ0v) is 16.8. The normalized spacial score (nSPS) is 15.4. The van der Waals surface area contributed by atoms with Gasteiger partial charge in [-0.25, -0.2) is 4.98 Å². The molecule has 2 aromatic carbocycles. The van der Waals surface area contributed by atoms with Crippen LogP contribution in [-0.4, -0.2) is 28.6 Å². The van der Waals surface area contributed by atoms with Crippen molar-refractivity contribution in [3.8, 4) is 17.6 Å². The maximum absolute atomic E-state index is 10.7. The molecule has 0 saturated heterocycles. The van der Waals surface area contributed by atoms with E-state index in [1.54, 1.807) is 0 Å². The van der Waals surface area contributed by atoms with Crippen LogP contribution in [0.4, 0.5) is 0 Å². The van der Waals surface area contributed by atoms with Crippen LogP contribution in [0.15, 0.2) is 53.1 Å². The van der Waals surface area contributed by atoms with Gasteiger partial charge in [-0.1, -0.05) is 12.1 Å². The number of aromatic nitrogens is 1. The molecule has 7 heteroatoms. The third kappa shape index (κ3) is 3.79. The SMILES string of the molecule is CC(Sc1ccc2c(c1)OCCCO2)/C(O)=C(/C#N)c1nc2ccccc2s1. The van der Waals surface area contributed by atoms with Crippen LogP contribution in [0.3, 0.4) is 0 Å². The predicted molar refractivity (Wildman–Crippen MR) is 112 cm³/mol. The zero-order valence-electron chi connectivity index (χ0n) is 15.2. The van der Waals surface area contributed by atoms with Gasteiger partial charge in [0.15, 0.2) is 11.5 Å². The number of thiazole rings is 1. The fourth-order valence-corrected chi connectivity index (χ4v) is 4.80. The molecular weight excluding hydrogens is 392 g/mol. The molecule has 0 radical (unpaired) electrons. The number of nitriles is 1. The largest absolute Gasteiger partial charge is 0.510 e. The van der Waals surface area contributed by atoms with Crippen molar-refractivity contribution in [1.82, 2.24) is 4.98 Å². The second kappa shape index (κ2) is 8.13. The maximum Gasteiger partial charge on any atom is 0.162 e. The van der Waals surface area contributed by atoms with Gasteiger partial charge in [-0.15, -0.1) is 23.1 Å². The number of rotatable bonds is 4. The molecule has 0 saturated carbocycles. The van der Waals surface area contributed by atoms with E-state index in [9.17, 15) is 10.4 Å². The summed E-state index contributed by atoms with van der Waals surface area (Å²) in [5, 5.41) is 20.6. The summed E-state index contributed by atoms with van der Waals surface area (Å²) in [5.41, 5.74) is 1.04. The first-order valence-electron chi connectivity index (χ1n) is 8.91. The molecule has 1 aromatic heterocycles. The van der Waals surface area contributed by atoms with E-state index in [2.05, 4.69) is 11.1 Å². The monoisotopic (exact) mass is 410 g/mol. The fourth-order valence-electron chi connectivity index (χ4n) is 2.87. The second-order valence-corrected chi connectivity index (χ2v) is 8.72. The van der Waals surface area contributed by atoms with Crippen molar-refractivity contribution < 1.29 is 14.6 Å². The smallest absolute Gasteiger partial charge is 0.162 e. The first kappa shape index (κ1) is 18.7. The van der Waals surface area contributed by atoms with Crippen LogP contribution >= 0.6 is 23.1 Å². The highest BCUT2D eigenvalue weighted by Crippen LogP contribution is 2.38. The summed E-state index contributed by atoms with van der Waals surface area (Å²) in [4.78, 5) is 5.43. The molecule has 5 nitrogen and oxygen atoms in total. The molecule has 0 spiro atoms. The molecule has 0 aliphatic carbocycles. The third-order valence-electron chi connectivity index (χ3n) is 4.29. The number of para-hydroxylation sites is 1. The molecule has 1 atom stereocenters. The summed E-state index contributed by atoms with van der Waals surface area (Å²) in [6.07, 6.45) is 0.852. The number of hydrogen-bond acceptors (Lipinski definition) is 7. The Morgan fingerprint density at radius 2 is 2.00 bits per heavy atom. The highest BCUT2D eigenvalue weighted by atomic mass is 32.2. The molecule has 0 amide bonds. The van der Waals surface area contributed by atoms with Crippen LogP contribution in [0.2, 0.25) is 0 Å². The average molecular weight is 411 g/mol. The molecule has 0 fully saturated rings. The summed E-state index contributed by atoms with van der Waals surface area (Å²) >= 11 is 2.86. The van der Waals surface area contributed by atoms with Crippen LogP contribution < -0.4 is 9.47 Å². The molecule has 28 heavy (non-hydrogen) atoms. The minimum atomic E-state index is -0.314. The van der Waals surface area contributed by atoms with E-state index < -0.39 is 0 Å². The maximum atomic E-state index is 10.7. The number of aliphatic hydroxyl groups excluding tert-OH is 1. The Kier molecular flexibility index (Phi) is 5.42. The molecule has 1 unspecified atom stereocenters. The van der Waals surface area contributed by atoms with Gasteiger partial charge in [0.25, 0.3) is 0 Å².